The maximum absolute atomic E-state index is 12.1. The number of ether oxygens (including phenoxy) is 2. The fraction of sp³-hybridized carbons (Fsp3) is 0.350. The maximum Gasteiger partial charge on any atom is 0.410 e. The molecule has 1 heterocycles. The molecule has 27 heavy (non-hydrogen) atoms. The molecule has 0 radical (unpaired) electrons. The minimum Gasteiger partial charge on any atom is -0.487 e. The van der Waals surface area contributed by atoms with Crippen molar-refractivity contribution >= 4 is 38.0 Å². The molecule has 1 saturated heterocycles. The van der Waals surface area contributed by atoms with Crippen LogP contribution in [0.25, 0.3) is 0 Å². The third-order valence-corrected chi connectivity index (χ3v) is 4.48. The van der Waals surface area contributed by atoms with E-state index in [0.29, 0.717) is 13.1 Å². The average molecular weight is 503 g/mol. The fourth-order valence-corrected chi connectivity index (χ4v) is 2.65. The highest BCUT2D eigenvalue weighted by Crippen LogP contribution is 2.22. The summed E-state index contributed by atoms with van der Waals surface area (Å²) >= 11 is 6.55. The van der Waals surface area contributed by atoms with Gasteiger partial charge in [-0.3, -0.25) is 0 Å². The van der Waals surface area contributed by atoms with Crippen LogP contribution in [0.1, 0.15) is 20.8 Å². The molecule has 4 nitrogen and oxygen atoms in total. The molecule has 0 N–H and O–H groups in total. The Kier molecular flexibility index (Phi) is 7.68. The summed E-state index contributed by atoms with van der Waals surface area (Å²) in [6.07, 6.45) is -0.225. The SMILES string of the molecule is CC(C)(C)OC(=O)N1CC(Oc2ccc(Br)cc2)C1.Fc1ccc(Br)cc1. The van der Waals surface area contributed by atoms with Crippen molar-refractivity contribution in [1.29, 1.82) is 0 Å². The van der Waals surface area contributed by atoms with Gasteiger partial charge in [-0.1, -0.05) is 31.9 Å². The van der Waals surface area contributed by atoms with E-state index in [1.54, 1.807) is 17.0 Å². The van der Waals surface area contributed by atoms with E-state index in [1.807, 2.05) is 45.0 Å². The number of amides is 1. The lowest BCUT2D eigenvalue weighted by Gasteiger charge is -2.39. The van der Waals surface area contributed by atoms with Gasteiger partial charge in [0.15, 0.2) is 0 Å². The van der Waals surface area contributed by atoms with Gasteiger partial charge >= 0.3 is 6.09 Å². The van der Waals surface area contributed by atoms with E-state index in [-0.39, 0.29) is 18.0 Å². The Labute approximate surface area is 175 Å². The highest BCUT2D eigenvalue weighted by atomic mass is 79.9. The molecule has 0 aromatic heterocycles. The van der Waals surface area contributed by atoms with Crippen LogP contribution in [0.2, 0.25) is 0 Å². The highest BCUT2D eigenvalue weighted by Gasteiger charge is 2.35. The van der Waals surface area contributed by atoms with E-state index in [4.69, 9.17) is 9.47 Å². The third kappa shape index (κ3) is 7.89. The van der Waals surface area contributed by atoms with Gasteiger partial charge in [0.1, 0.15) is 23.3 Å². The summed E-state index contributed by atoms with van der Waals surface area (Å²) in [4.78, 5) is 13.4. The van der Waals surface area contributed by atoms with Gasteiger partial charge in [-0.15, -0.1) is 0 Å². The lowest BCUT2D eigenvalue weighted by atomic mass is 10.1. The summed E-state index contributed by atoms with van der Waals surface area (Å²) in [6.45, 7) is 6.73. The van der Waals surface area contributed by atoms with E-state index in [2.05, 4.69) is 31.9 Å². The van der Waals surface area contributed by atoms with E-state index in [9.17, 15) is 9.18 Å². The molecule has 0 saturated carbocycles. The Hall–Kier alpha value is -1.60. The minimum atomic E-state index is -0.450. The summed E-state index contributed by atoms with van der Waals surface area (Å²) in [5, 5.41) is 0. The summed E-state index contributed by atoms with van der Waals surface area (Å²) < 4.78 is 25.0. The second kappa shape index (κ2) is 9.55. The molecule has 0 unspecified atom stereocenters. The van der Waals surface area contributed by atoms with Crippen LogP contribution in [-0.2, 0) is 4.74 Å². The summed E-state index contributed by atoms with van der Waals surface area (Å²) in [5.74, 6) is 0.616. The molecular formula is C20H22Br2FNO3. The van der Waals surface area contributed by atoms with Gasteiger partial charge in [-0.2, -0.15) is 0 Å². The molecule has 0 atom stereocenters. The summed E-state index contributed by atoms with van der Waals surface area (Å²) in [7, 11) is 0. The largest absolute Gasteiger partial charge is 0.487 e. The van der Waals surface area contributed by atoms with Gasteiger partial charge in [-0.05, 0) is 69.3 Å². The zero-order valence-corrected chi connectivity index (χ0v) is 18.6. The highest BCUT2D eigenvalue weighted by molar-refractivity contribution is 9.10. The van der Waals surface area contributed by atoms with Gasteiger partial charge in [0.2, 0.25) is 0 Å². The standard InChI is InChI=1S/C14H18BrNO3.C6H4BrF/c1-14(2,3)19-13(17)16-8-12(9-16)18-11-6-4-10(15)5-7-11;7-5-1-3-6(8)4-2-5/h4-7,12H,8-9H2,1-3H3;1-4H. The molecule has 0 aliphatic carbocycles. The van der Waals surface area contributed by atoms with Crippen LogP contribution in [0.4, 0.5) is 9.18 Å². The number of nitrogens with zero attached hydrogens (tertiary/aromatic N) is 1. The summed E-state index contributed by atoms with van der Waals surface area (Å²) in [6, 6.07) is 13.8. The first kappa shape index (κ1) is 21.7. The molecule has 1 fully saturated rings. The van der Waals surface area contributed by atoms with Crippen LogP contribution in [0.3, 0.4) is 0 Å². The van der Waals surface area contributed by atoms with Gasteiger partial charge < -0.3 is 14.4 Å². The molecule has 146 valence electrons. The molecule has 2 aromatic rings. The second-order valence-corrected chi connectivity index (χ2v) is 8.85. The number of carbonyl (C=O) groups is 1. The number of hydrogen-bond donors (Lipinski definition) is 0. The second-order valence-electron chi connectivity index (χ2n) is 7.02. The Morgan fingerprint density at radius 2 is 1.48 bits per heavy atom. The van der Waals surface area contributed by atoms with Crippen molar-refractivity contribution in [2.45, 2.75) is 32.5 Å². The van der Waals surface area contributed by atoms with E-state index < -0.39 is 5.60 Å². The Morgan fingerprint density at radius 1 is 1.00 bits per heavy atom. The Bertz CT molecular complexity index is 718. The van der Waals surface area contributed by atoms with Crippen molar-refractivity contribution in [3.8, 4) is 5.75 Å². The number of rotatable bonds is 2. The first-order valence-corrected chi connectivity index (χ1v) is 10.0. The molecule has 3 rings (SSSR count). The molecule has 1 aliphatic heterocycles. The third-order valence-electron chi connectivity index (χ3n) is 3.42. The minimum absolute atomic E-state index is 0.0497. The zero-order chi connectivity index (χ0) is 20.0. The molecular weight excluding hydrogens is 481 g/mol. The van der Waals surface area contributed by atoms with Gasteiger partial charge in [-0.25, -0.2) is 9.18 Å². The lowest BCUT2D eigenvalue weighted by Crippen LogP contribution is -2.57. The normalized spacial score (nSPS) is 13.9. The van der Waals surface area contributed by atoms with Crippen molar-refractivity contribution in [2.75, 3.05) is 13.1 Å². The first-order chi connectivity index (χ1) is 12.6. The lowest BCUT2D eigenvalue weighted by molar-refractivity contribution is -0.0221. The molecule has 1 aliphatic rings. The molecule has 7 heteroatoms. The van der Waals surface area contributed by atoms with Gasteiger partial charge in [0.25, 0.3) is 0 Å². The maximum atomic E-state index is 12.1. The zero-order valence-electron chi connectivity index (χ0n) is 15.4. The van der Waals surface area contributed by atoms with E-state index >= 15 is 0 Å². The fourth-order valence-electron chi connectivity index (χ4n) is 2.12. The van der Waals surface area contributed by atoms with Gasteiger partial charge in [0, 0.05) is 8.95 Å². The monoisotopic (exact) mass is 501 g/mol. The number of benzene rings is 2. The topological polar surface area (TPSA) is 38.8 Å². The van der Waals surface area contributed by atoms with Crippen molar-refractivity contribution in [2.24, 2.45) is 0 Å². The van der Waals surface area contributed by atoms with Crippen molar-refractivity contribution < 1.29 is 18.7 Å². The first-order valence-electron chi connectivity index (χ1n) is 8.43. The Morgan fingerprint density at radius 3 is 1.93 bits per heavy atom. The van der Waals surface area contributed by atoms with Crippen LogP contribution in [0.15, 0.2) is 57.5 Å². The Balaban J connectivity index is 0.000000273. The molecule has 0 bridgehead atoms. The number of hydrogen-bond acceptors (Lipinski definition) is 3. The predicted octanol–water partition coefficient (Wildman–Crippen LogP) is 6.04. The molecule has 2 aromatic carbocycles. The van der Waals surface area contributed by atoms with Crippen molar-refractivity contribution in [3.63, 3.8) is 0 Å². The smallest absolute Gasteiger partial charge is 0.410 e. The van der Waals surface area contributed by atoms with Crippen LogP contribution in [0, 0.1) is 5.82 Å². The quantitative estimate of drug-likeness (QED) is 0.502. The van der Waals surface area contributed by atoms with E-state index in [1.165, 1.54) is 12.1 Å². The molecule has 1 amide bonds. The summed E-state index contributed by atoms with van der Waals surface area (Å²) in [5.41, 5.74) is -0.450. The van der Waals surface area contributed by atoms with Crippen LogP contribution in [-0.4, -0.2) is 35.8 Å². The number of likely N-dealkylation sites (tertiary alicyclic amines) is 1. The van der Waals surface area contributed by atoms with Gasteiger partial charge in [0.05, 0.1) is 13.1 Å². The van der Waals surface area contributed by atoms with Crippen molar-refractivity contribution in [3.05, 3.63) is 63.3 Å². The average Bonchev–Trinajstić information content (AvgIpc) is 2.54. The molecule has 0 spiro atoms. The number of halogens is 3. The van der Waals surface area contributed by atoms with Crippen LogP contribution >= 0.6 is 31.9 Å². The van der Waals surface area contributed by atoms with Crippen LogP contribution < -0.4 is 4.74 Å². The van der Waals surface area contributed by atoms with Crippen LogP contribution in [0.5, 0.6) is 5.75 Å². The van der Waals surface area contributed by atoms with Crippen molar-refractivity contribution in [1.82, 2.24) is 4.90 Å². The predicted molar refractivity (Wildman–Crippen MR) is 110 cm³/mol. The number of carbonyl (C=O) groups excluding carboxylic acids is 1. The van der Waals surface area contributed by atoms with E-state index in [0.717, 1.165) is 14.7 Å².